The Hall–Kier alpha value is -6.12. The molecule has 2 aromatic heterocycles. The van der Waals surface area contributed by atoms with Crippen LogP contribution in [0.25, 0.3) is 93.2 Å². The van der Waals surface area contributed by atoms with E-state index in [2.05, 4.69) is 162 Å². The maximum atomic E-state index is 6.57. The zero-order chi connectivity index (χ0) is 30.2. The Morgan fingerprint density at radius 2 is 0.935 bits per heavy atom. The van der Waals surface area contributed by atoms with Gasteiger partial charge < -0.3 is 4.42 Å². The van der Waals surface area contributed by atoms with Crippen LogP contribution in [0, 0.1) is 0 Å². The van der Waals surface area contributed by atoms with Crippen molar-refractivity contribution in [2.45, 2.75) is 0 Å². The molecule has 2 heteroatoms. The number of benzene rings is 8. The maximum absolute atomic E-state index is 6.57. The highest BCUT2D eigenvalue weighted by Crippen LogP contribution is 2.46. The number of hydrogen-bond acceptors (Lipinski definition) is 1. The maximum Gasteiger partial charge on any atom is 0.213 e. The third kappa shape index (κ3) is 3.59. The summed E-state index contributed by atoms with van der Waals surface area (Å²) in [5, 5.41) is 11.0. The molecule has 0 saturated heterocycles. The Morgan fingerprint density at radius 3 is 1.63 bits per heavy atom. The van der Waals surface area contributed by atoms with Crippen molar-refractivity contribution in [3.8, 4) is 27.9 Å². The molecule has 10 aromatic rings. The van der Waals surface area contributed by atoms with E-state index >= 15 is 0 Å². The molecule has 0 aliphatic carbocycles. The van der Waals surface area contributed by atoms with Gasteiger partial charge in [0.05, 0.1) is 10.9 Å². The fourth-order valence-corrected chi connectivity index (χ4v) is 7.57. The lowest BCUT2D eigenvalue weighted by Crippen LogP contribution is -1.94. The molecule has 0 N–H and O–H groups in total. The van der Waals surface area contributed by atoms with Gasteiger partial charge in [0.2, 0.25) is 5.71 Å². The lowest BCUT2D eigenvalue weighted by atomic mass is 9.85. The number of hydrogen-bond donors (Lipinski definition) is 0. The van der Waals surface area contributed by atoms with E-state index in [1.54, 1.807) is 0 Å². The van der Waals surface area contributed by atoms with E-state index in [-0.39, 0.29) is 0 Å². The molecule has 0 fully saturated rings. The zero-order valence-electron chi connectivity index (χ0n) is 24.9. The molecule has 0 unspecified atom stereocenters. The Kier molecular flexibility index (Phi) is 5.31. The van der Waals surface area contributed by atoms with E-state index in [1.165, 1.54) is 60.0 Å². The first-order valence-electron chi connectivity index (χ1n) is 15.8. The molecule has 8 aromatic carbocycles. The fraction of sp³-hybridized carbons (Fsp3) is 0. The minimum atomic E-state index is 0.876. The summed E-state index contributed by atoms with van der Waals surface area (Å²) in [5.74, 6) is 0. The van der Waals surface area contributed by atoms with E-state index in [0.717, 1.165) is 33.3 Å². The predicted octanol–water partition coefficient (Wildman–Crippen LogP) is 12.3. The van der Waals surface area contributed by atoms with E-state index in [0.29, 0.717) is 0 Å². The highest BCUT2D eigenvalue weighted by molar-refractivity contribution is 6.24. The number of rotatable bonds is 3. The van der Waals surface area contributed by atoms with E-state index in [9.17, 15) is 0 Å². The molecule has 0 bridgehead atoms. The summed E-state index contributed by atoms with van der Waals surface area (Å²) in [6, 6.07) is 59.0. The van der Waals surface area contributed by atoms with Crippen molar-refractivity contribution in [1.82, 2.24) is 4.57 Å². The molecule has 2 nitrogen and oxygen atoms in total. The third-order valence-corrected chi connectivity index (χ3v) is 9.56. The summed E-state index contributed by atoms with van der Waals surface area (Å²) in [7, 11) is 0. The van der Waals surface area contributed by atoms with Gasteiger partial charge in [-0.05, 0) is 84.9 Å². The monoisotopic (exact) mass is 585 g/mol. The van der Waals surface area contributed by atoms with Crippen molar-refractivity contribution in [1.29, 1.82) is 0 Å². The molecule has 2 heterocycles. The second-order valence-corrected chi connectivity index (χ2v) is 12.1. The van der Waals surface area contributed by atoms with E-state index in [4.69, 9.17) is 4.42 Å². The Balaban J connectivity index is 1.31. The smallest absolute Gasteiger partial charge is 0.213 e. The van der Waals surface area contributed by atoms with Crippen LogP contribution >= 0.6 is 0 Å². The highest BCUT2D eigenvalue weighted by Gasteiger charge is 2.22. The quantitative estimate of drug-likeness (QED) is 0.189. The number of aromatic nitrogens is 1. The third-order valence-electron chi connectivity index (χ3n) is 9.56. The molecular formula is C44H27NO. The molecule has 10 rings (SSSR count). The first kappa shape index (κ1) is 25.2. The molecule has 0 aliphatic heterocycles. The summed E-state index contributed by atoms with van der Waals surface area (Å²) in [6.45, 7) is 0. The molecule has 0 saturated carbocycles. The number of nitrogens with zero attached hydrogens (tertiary/aromatic N) is 1. The van der Waals surface area contributed by atoms with Crippen LogP contribution in [-0.4, -0.2) is 4.57 Å². The van der Waals surface area contributed by atoms with Crippen molar-refractivity contribution in [2.75, 3.05) is 0 Å². The summed E-state index contributed by atoms with van der Waals surface area (Å²) in [5.41, 5.74) is 8.95. The highest BCUT2D eigenvalue weighted by atomic mass is 16.3. The summed E-state index contributed by atoms with van der Waals surface area (Å²) >= 11 is 0. The van der Waals surface area contributed by atoms with Crippen LogP contribution in [0.3, 0.4) is 0 Å². The summed E-state index contributed by atoms with van der Waals surface area (Å²) in [4.78, 5) is 0. The SMILES string of the molecule is c1ccc(-n2c3cc(-c4c5ccccc5c(-c5ccc6ccccc6c5)c5ccccc45)ccc3c3c4ccccc4oc32)cc1. The summed E-state index contributed by atoms with van der Waals surface area (Å²) in [6.07, 6.45) is 0. The largest absolute Gasteiger partial charge is 0.439 e. The minimum absolute atomic E-state index is 0.876. The van der Waals surface area contributed by atoms with Gasteiger partial charge >= 0.3 is 0 Å². The molecule has 0 amide bonds. The van der Waals surface area contributed by atoms with E-state index < -0.39 is 0 Å². The van der Waals surface area contributed by atoms with Gasteiger partial charge in [-0.3, -0.25) is 4.57 Å². The molecule has 214 valence electrons. The van der Waals surface area contributed by atoms with Crippen molar-refractivity contribution < 1.29 is 4.42 Å². The number of furan rings is 1. The van der Waals surface area contributed by atoms with Crippen molar-refractivity contribution in [3.63, 3.8) is 0 Å². The van der Waals surface area contributed by atoms with Crippen LogP contribution in [0.2, 0.25) is 0 Å². The standard InChI is InChI=1S/C44H27NO/c1-2-14-32(15-3-1)45-39-27-31(24-25-37(39)43-38-20-10-11-21-40(38)46-44(43)45)42-35-18-8-6-16-33(35)41(34-17-7-9-19-36(34)42)30-23-22-28-12-4-5-13-29(28)26-30/h1-27H. The molecule has 0 spiro atoms. The van der Waals surface area contributed by atoms with Crippen LogP contribution in [0.4, 0.5) is 0 Å². The average molecular weight is 586 g/mol. The molecular weight excluding hydrogens is 558 g/mol. The normalized spacial score (nSPS) is 11.9. The Morgan fingerprint density at radius 1 is 0.391 bits per heavy atom. The first-order valence-corrected chi connectivity index (χ1v) is 15.8. The number of fused-ring (bicyclic) bond motifs is 8. The summed E-state index contributed by atoms with van der Waals surface area (Å²) < 4.78 is 8.85. The topological polar surface area (TPSA) is 18.1 Å². The average Bonchev–Trinajstić information content (AvgIpc) is 3.64. The van der Waals surface area contributed by atoms with Crippen LogP contribution in [0.15, 0.2) is 168 Å². The van der Waals surface area contributed by atoms with Crippen molar-refractivity contribution in [3.05, 3.63) is 164 Å². The lowest BCUT2D eigenvalue weighted by molar-refractivity contribution is 0.645. The Labute approximate surface area is 265 Å². The van der Waals surface area contributed by atoms with Gasteiger partial charge in [0.1, 0.15) is 5.58 Å². The second kappa shape index (κ2) is 9.69. The van der Waals surface area contributed by atoms with Gasteiger partial charge in [-0.2, -0.15) is 0 Å². The first-order chi connectivity index (χ1) is 22.8. The van der Waals surface area contributed by atoms with Crippen molar-refractivity contribution in [2.24, 2.45) is 0 Å². The van der Waals surface area contributed by atoms with Gasteiger partial charge in [0.25, 0.3) is 0 Å². The molecule has 0 radical (unpaired) electrons. The van der Waals surface area contributed by atoms with Crippen molar-refractivity contribution >= 4 is 65.3 Å². The lowest BCUT2D eigenvalue weighted by Gasteiger charge is -2.18. The van der Waals surface area contributed by atoms with Gasteiger partial charge in [0.15, 0.2) is 0 Å². The molecule has 0 atom stereocenters. The minimum Gasteiger partial charge on any atom is -0.439 e. The van der Waals surface area contributed by atoms with Crippen LogP contribution in [-0.2, 0) is 0 Å². The van der Waals surface area contributed by atoms with Crippen LogP contribution < -0.4 is 0 Å². The Bertz CT molecular complexity index is 2740. The molecule has 0 aliphatic rings. The van der Waals surface area contributed by atoms with Gasteiger partial charge in [0, 0.05) is 16.5 Å². The molecule has 46 heavy (non-hydrogen) atoms. The zero-order valence-corrected chi connectivity index (χ0v) is 24.9. The predicted molar refractivity (Wildman–Crippen MR) is 194 cm³/mol. The van der Waals surface area contributed by atoms with Gasteiger partial charge in [-0.15, -0.1) is 0 Å². The van der Waals surface area contributed by atoms with Gasteiger partial charge in [-0.1, -0.05) is 133 Å². The van der Waals surface area contributed by atoms with Crippen LogP contribution in [0.1, 0.15) is 0 Å². The fourth-order valence-electron chi connectivity index (χ4n) is 7.57. The van der Waals surface area contributed by atoms with E-state index in [1.807, 2.05) is 6.07 Å². The van der Waals surface area contributed by atoms with Gasteiger partial charge in [-0.25, -0.2) is 0 Å². The second-order valence-electron chi connectivity index (χ2n) is 12.1. The van der Waals surface area contributed by atoms with Crippen LogP contribution in [0.5, 0.6) is 0 Å². The number of para-hydroxylation sites is 2.